The number of likely N-dealkylation sites (N-methyl/N-ethyl adjacent to an activating group) is 1. The highest BCUT2D eigenvalue weighted by Crippen LogP contribution is 2.21. The quantitative estimate of drug-likeness (QED) is 0.636. The maximum Gasteiger partial charge on any atom is 0.241 e. The fraction of sp³-hybridized carbons (Fsp3) is 0.444. The van der Waals surface area contributed by atoms with E-state index in [1.807, 2.05) is 19.1 Å². The number of benzene rings is 1. The van der Waals surface area contributed by atoms with Crippen LogP contribution in [0.15, 0.2) is 52.7 Å². The highest BCUT2D eigenvalue weighted by Gasteiger charge is 2.36. The Kier molecular flexibility index (Phi) is 5.91. The standard InChI is InChI=1S/C18H25N3O2S2/c1-15(19-25(22,23)16-7-4-3-5-8-16)18(17-9-6-14-24-17)21-12-10-20(2)11-13-21/h3-9,14-15,18-19H,10-13H2,1-2H3/p+2/t15-,18-/m1/s1. The van der Waals surface area contributed by atoms with Crippen LogP contribution in [0.2, 0.25) is 0 Å². The summed E-state index contributed by atoms with van der Waals surface area (Å²) < 4.78 is 28.4. The molecule has 1 aromatic carbocycles. The summed E-state index contributed by atoms with van der Waals surface area (Å²) in [5, 5.41) is 2.07. The first-order valence-electron chi connectivity index (χ1n) is 8.74. The molecule has 2 atom stereocenters. The number of hydrogen-bond acceptors (Lipinski definition) is 3. The van der Waals surface area contributed by atoms with Crippen LogP contribution in [-0.2, 0) is 10.0 Å². The van der Waals surface area contributed by atoms with Crippen LogP contribution in [0.4, 0.5) is 0 Å². The van der Waals surface area contributed by atoms with Crippen molar-refractivity contribution in [3.8, 4) is 0 Å². The lowest BCUT2D eigenvalue weighted by atomic mass is 10.1. The molecule has 0 saturated carbocycles. The van der Waals surface area contributed by atoms with Gasteiger partial charge in [-0.15, -0.1) is 11.3 Å². The molecule has 1 saturated heterocycles. The van der Waals surface area contributed by atoms with Crippen molar-refractivity contribution in [2.75, 3.05) is 33.2 Å². The molecule has 1 aliphatic rings. The van der Waals surface area contributed by atoms with Gasteiger partial charge in [-0.3, -0.25) is 0 Å². The zero-order valence-electron chi connectivity index (χ0n) is 14.7. The van der Waals surface area contributed by atoms with Gasteiger partial charge in [0.1, 0.15) is 32.2 Å². The molecule has 3 rings (SSSR count). The second-order valence-electron chi connectivity index (χ2n) is 6.83. The highest BCUT2D eigenvalue weighted by molar-refractivity contribution is 7.89. The lowest BCUT2D eigenvalue weighted by molar-refractivity contribution is -1.02. The normalized spacial score (nSPS) is 23.9. The average Bonchev–Trinajstić information content (AvgIpc) is 3.11. The Hall–Kier alpha value is -1.25. The number of thiophene rings is 1. The van der Waals surface area contributed by atoms with Gasteiger partial charge in [0, 0.05) is 0 Å². The monoisotopic (exact) mass is 381 g/mol. The molecule has 7 heteroatoms. The van der Waals surface area contributed by atoms with Crippen LogP contribution in [0.1, 0.15) is 17.8 Å². The van der Waals surface area contributed by atoms with E-state index in [0.717, 1.165) is 26.2 Å². The van der Waals surface area contributed by atoms with E-state index in [-0.39, 0.29) is 12.1 Å². The van der Waals surface area contributed by atoms with Crippen molar-refractivity contribution in [2.45, 2.75) is 23.9 Å². The van der Waals surface area contributed by atoms with E-state index in [9.17, 15) is 8.42 Å². The minimum absolute atomic E-state index is 0.145. The van der Waals surface area contributed by atoms with Gasteiger partial charge in [0.15, 0.2) is 0 Å². The summed E-state index contributed by atoms with van der Waals surface area (Å²) in [6.07, 6.45) is 0. The first kappa shape index (κ1) is 18.5. The SMILES string of the molecule is C[C@@H](NS(=O)(=O)c1ccccc1)[C@H](c1cccs1)[NH+]1CC[NH+](C)CC1. The molecule has 25 heavy (non-hydrogen) atoms. The Morgan fingerprint density at radius 1 is 1.04 bits per heavy atom. The van der Waals surface area contributed by atoms with Gasteiger partial charge >= 0.3 is 0 Å². The number of nitrogens with one attached hydrogen (secondary N) is 3. The largest absolute Gasteiger partial charge is 0.328 e. The maximum absolute atomic E-state index is 12.7. The molecular weight excluding hydrogens is 354 g/mol. The second kappa shape index (κ2) is 7.97. The molecule has 0 bridgehead atoms. The van der Waals surface area contributed by atoms with Crippen molar-refractivity contribution in [3.63, 3.8) is 0 Å². The first-order chi connectivity index (χ1) is 12.0. The fourth-order valence-electron chi connectivity index (χ4n) is 3.56. The number of piperazine rings is 1. The Balaban J connectivity index is 1.81. The Bertz CT molecular complexity index is 755. The second-order valence-corrected chi connectivity index (χ2v) is 9.52. The molecular formula is C18H27N3O2S2+2. The van der Waals surface area contributed by atoms with E-state index in [0.29, 0.717) is 4.90 Å². The molecule has 0 unspecified atom stereocenters. The summed E-state index contributed by atoms with van der Waals surface area (Å²) in [7, 11) is -1.29. The predicted octanol–water partition coefficient (Wildman–Crippen LogP) is -0.431. The molecule has 0 radical (unpaired) electrons. The van der Waals surface area contributed by atoms with Gasteiger partial charge in [-0.2, -0.15) is 0 Å². The zero-order chi connectivity index (χ0) is 17.9. The molecule has 2 aromatic rings. The third-order valence-corrected chi connectivity index (χ3v) is 7.46. The molecule has 0 aliphatic carbocycles. The topological polar surface area (TPSA) is 55.0 Å². The minimum atomic E-state index is -3.51. The van der Waals surface area contributed by atoms with Gasteiger partial charge in [0.2, 0.25) is 10.0 Å². The molecule has 136 valence electrons. The Morgan fingerprint density at radius 2 is 1.72 bits per heavy atom. The zero-order valence-corrected chi connectivity index (χ0v) is 16.4. The van der Waals surface area contributed by atoms with Crippen LogP contribution in [0, 0.1) is 0 Å². The summed E-state index contributed by atoms with van der Waals surface area (Å²) >= 11 is 1.71. The van der Waals surface area contributed by atoms with Crippen molar-refractivity contribution in [3.05, 3.63) is 52.7 Å². The Morgan fingerprint density at radius 3 is 2.32 bits per heavy atom. The summed E-state index contributed by atoms with van der Waals surface area (Å²) in [4.78, 5) is 4.59. The van der Waals surface area contributed by atoms with E-state index in [4.69, 9.17) is 0 Å². The van der Waals surface area contributed by atoms with Gasteiger partial charge < -0.3 is 9.80 Å². The van der Waals surface area contributed by atoms with Crippen LogP contribution >= 0.6 is 11.3 Å². The average molecular weight is 382 g/mol. The molecule has 1 aromatic heterocycles. The lowest BCUT2D eigenvalue weighted by Crippen LogP contribution is -3.27. The van der Waals surface area contributed by atoms with Crippen molar-refractivity contribution in [1.29, 1.82) is 0 Å². The van der Waals surface area contributed by atoms with Crippen molar-refractivity contribution in [1.82, 2.24) is 4.72 Å². The van der Waals surface area contributed by atoms with Crippen LogP contribution in [0.25, 0.3) is 0 Å². The number of rotatable bonds is 6. The lowest BCUT2D eigenvalue weighted by Gasteiger charge is -2.35. The summed E-state index contributed by atoms with van der Waals surface area (Å²) in [5.74, 6) is 0. The number of sulfonamides is 1. The number of hydrogen-bond donors (Lipinski definition) is 3. The van der Waals surface area contributed by atoms with E-state index in [1.165, 1.54) is 9.78 Å². The van der Waals surface area contributed by atoms with Gasteiger partial charge in [-0.1, -0.05) is 24.3 Å². The Labute approximate surface area is 154 Å². The molecule has 1 aliphatic heterocycles. The molecule has 5 nitrogen and oxygen atoms in total. The van der Waals surface area contributed by atoms with Crippen LogP contribution < -0.4 is 14.5 Å². The summed E-state index contributed by atoms with van der Waals surface area (Å²) in [6, 6.07) is 12.8. The van der Waals surface area contributed by atoms with Crippen molar-refractivity contribution in [2.24, 2.45) is 0 Å². The van der Waals surface area contributed by atoms with Crippen LogP contribution in [0.5, 0.6) is 0 Å². The van der Waals surface area contributed by atoms with Gasteiger partial charge in [-0.05, 0) is 30.5 Å². The maximum atomic E-state index is 12.7. The molecule has 0 spiro atoms. The number of quaternary nitrogens is 2. The van der Waals surface area contributed by atoms with Crippen LogP contribution in [-0.4, -0.2) is 47.7 Å². The smallest absolute Gasteiger partial charge is 0.241 e. The summed E-state index contributed by atoms with van der Waals surface area (Å²) in [5.41, 5.74) is 0. The van der Waals surface area contributed by atoms with Crippen LogP contribution in [0.3, 0.4) is 0 Å². The fourth-order valence-corrected chi connectivity index (χ4v) is 5.82. The van der Waals surface area contributed by atoms with Gasteiger partial charge in [0.25, 0.3) is 0 Å². The highest BCUT2D eigenvalue weighted by atomic mass is 32.2. The predicted molar refractivity (Wildman–Crippen MR) is 101 cm³/mol. The summed E-state index contributed by atoms with van der Waals surface area (Å²) in [6.45, 7) is 6.35. The molecule has 0 amide bonds. The first-order valence-corrected chi connectivity index (χ1v) is 11.1. The van der Waals surface area contributed by atoms with E-state index < -0.39 is 10.0 Å². The third kappa shape index (κ3) is 4.48. The van der Waals surface area contributed by atoms with Gasteiger partial charge in [-0.25, -0.2) is 13.1 Å². The van der Waals surface area contributed by atoms with E-state index >= 15 is 0 Å². The molecule has 1 fully saturated rings. The molecule has 2 heterocycles. The van der Waals surface area contributed by atoms with E-state index in [2.05, 4.69) is 23.2 Å². The third-order valence-electron chi connectivity index (χ3n) is 4.93. The molecule has 3 N–H and O–H groups in total. The minimum Gasteiger partial charge on any atom is -0.328 e. The van der Waals surface area contributed by atoms with Crippen molar-refractivity contribution >= 4 is 21.4 Å². The van der Waals surface area contributed by atoms with Gasteiger partial charge in [0.05, 0.1) is 22.9 Å². The van der Waals surface area contributed by atoms with Crippen molar-refractivity contribution < 1.29 is 18.2 Å². The van der Waals surface area contributed by atoms with E-state index in [1.54, 1.807) is 40.5 Å².